The molecule has 3 rings (SSSR count). The Bertz CT molecular complexity index is 717. The molecule has 1 unspecified atom stereocenters. The number of methoxy groups -OCH3 is 1. The average Bonchev–Trinajstić information content (AvgIpc) is 2.55. The fraction of sp³-hybridized carbons (Fsp3) is 0.278. The molecule has 0 saturated carbocycles. The van der Waals surface area contributed by atoms with Gasteiger partial charge in [-0.15, -0.1) is 0 Å². The fourth-order valence-electron chi connectivity index (χ4n) is 2.74. The van der Waals surface area contributed by atoms with Crippen LogP contribution in [0, 0.1) is 5.92 Å². The van der Waals surface area contributed by atoms with Crippen molar-refractivity contribution in [2.45, 2.75) is 12.8 Å². The van der Waals surface area contributed by atoms with Crippen molar-refractivity contribution >= 4 is 23.2 Å². The zero-order valence-corrected chi connectivity index (χ0v) is 13.6. The smallest absolute Gasteiger partial charge is 0.224 e. The molecule has 120 valence electrons. The number of fused-ring (bicyclic) bond motifs is 1. The number of halogens is 1. The second-order valence-electron chi connectivity index (χ2n) is 5.59. The highest BCUT2D eigenvalue weighted by Gasteiger charge is 2.22. The average molecular weight is 332 g/mol. The Labute approximate surface area is 140 Å². The Balaban J connectivity index is 1.59. The number of carbonyl (C=O) groups excluding carboxylic acids is 1. The third-order valence-corrected chi connectivity index (χ3v) is 4.16. The number of nitrogens with one attached hydrogen (secondary N) is 1. The molecule has 5 heteroatoms. The van der Waals surface area contributed by atoms with Crippen LogP contribution >= 0.6 is 11.6 Å². The quantitative estimate of drug-likeness (QED) is 0.923. The van der Waals surface area contributed by atoms with Crippen LogP contribution < -0.4 is 14.8 Å². The predicted molar refractivity (Wildman–Crippen MR) is 90.4 cm³/mol. The van der Waals surface area contributed by atoms with Crippen LogP contribution in [-0.2, 0) is 11.2 Å². The maximum Gasteiger partial charge on any atom is 0.224 e. The van der Waals surface area contributed by atoms with Crippen LogP contribution in [0.4, 0.5) is 5.69 Å². The maximum atomic E-state index is 12.2. The second kappa shape index (κ2) is 6.92. The summed E-state index contributed by atoms with van der Waals surface area (Å²) < 4.78 is 10.8. The first-order valence-electron chi connectivity index (χ1n) is 7.50. The van der Waals surface area contributed by atoms with E-state index >= 15 is 0 Å². The van der Waals surface area contributed by atoms with E-state index in [1.165, 1.54) is 0 Å². The lowest BCUT2D eigenvalue weighted by atomic mass is 9.94. The van der Waals surface area contributed by atoms with Crippen molar-refractivity contribution < 1.29 is 14.3 Å². The largest absolute Gasteiger partial charge is 0.495 e. The minimum absolute atomic E-state index is 0.0424. The maximum absolute atomic E-state index is 12.2. The molecule has 2 aromatic rings. The minimum atomic E-state index is -0.0424. The summed E-state index contributed by atoms with van der Waals surface area (Å²) in [5.41, 5.74) is 1.82. The number of para-hydroxylation sites is 1. The molecule has 1 amide bonds. The summed E-state index contributed by atoms with van der Waals surface area (Å²) in [5, 5.41) is 3.34. The van der Waals surface area contributed by atoms with Crippen molar-refractivity contribution in [2.75, 3.05) is 19.0 Å². The first-order chi connectivity index (χ1) is 11.2. The number of anilines is 1. The van der Waals surface area contributed by atoms with Gasteiger partial charge in [0.15, 0.2) is 0 Å². The highest BCUT2D eigenvalue weighted by Crippen LogP contribution is 2.29. The summed E-state index contributed by atoms with van der Waals surface area (Å²) in [5.74, 6) is 1.64. The minimum Gasteiger partial charge on any atom is -0.495 e. The first kappa shape index (κ1) is 15.7. The van der Waals surface area contributed by atoms with E-state index in [0.717, 1.165) is 17.7 Å². The number of hydrogen-bond acceptors (Lipinski definition) is 3. The third kappa shape index (κ3) is 3.77. The fourth-order valence-corrected chi connectivity index (χ4v) is 3.00. The zero-order valence-electron chi connectivity index (χ0n) is 12.8. The third-order valence-electron chi connectivity index (χ3n) is 3.87. The molecular weight excluding hydrogens is 314 g/mol. The summed E-state index contributed by atoms with van der Waals surface area (Å²) in [4.78, 5) is 12.2. The number of hydrogen-bond donors (Lipinski definition) is 1. The van der Waals surface area contributed by atoms with Gasteiger partial charge in [-0.1, -0.05) is 29.8 Å². The molecule has 4 nitrogen and oxygen atoms in total. The van der Waals surface area contributed by atoms with E-state index in [4.69, 9.17) is 21.1 Å². The van der Waals surface area contributed by atoms with Gasteiger partial charge in [0.1, 0.15) is 11.5 Å². The van der Waals surface area contributed by atoms with Crippen molar-refractivity contribution in [2.24, 2.45) is 5.92 Å². The topological polar surface area (TPSA) is 47.6 Å². The van der Waals surface area contributed by atoms with Gasteiger partial charge < -0.3 is 14.8 Å². The Morgan fingerprint density at radius 2 is 2.17 bits per heavy atom. The van der Waals surface area contributed by atoms with Gasteiger partial charge in [-0.25, -0.2) is 0 Å². The van der Waals surface area contributed by atoms with Gasteiger partial charge in [-0.05, 0) is 36.2 Å². The van der Waals surface area contributed by atoms with Gasteiger partial charge in [0.2, 0.25) is 5.91 Å². The van der Waals surface area contributed by atoms with Gasteiger partial charge >= 0.3 is 0 Å². The lowest BCUT2D eigenvalue weighted by Gasteiger charge is -2.24. The van der Waals surface area contributed by atoms with Crippen molar-refractivity contribution in [3.8, 4) is 11.5 Å². The molecule has 23 heavy (non-hydrogen) atoms. The summed E-state index contributed by atoms with van der Waals surface area (Å²) in [7, 11) is 1.56. The molecule has 0 aliphatic carbocycles. The molecule has 0 fully saturated rings. The molecule has 0 bridgehead atoms. The molecule has 0 spiro atoms. The molecular formula is C18H18ClNO3. The summed E-state index contributed by atoms with van der Waals surface area (Å²) in [6, 6.07) is 13.1. The number of benzene rings is 2. The summed E-state index contributed by atoms with van der Waals surface area (Å²) >= 11 is 6.06. The summed E-state index contributed by atoms with van der Waals surface area (Å²) in [6.07, 6.45) is 1.27. The Morgan fingerprint density at radius 3 is 2.96 bits per heavy atom. The number of rotatable bonds is 4. The van der Waals surface area contributed by atoms with Crippen LogP contribution in [0.15, 0.2) is 42.5 Å². The van der Waals surface area contributed by atoms with Crippen LogP contribution in [0.2, 0.25) is 5.02 Å². The predicted octanol–water partition coefficient (Wildman–Crippen LogP) is 3.93. The molecule has 1 atom stereocenters. The SMILES string of the molecule is COc1ccc(NC(=O)CC2COc3ccccc3C2)cc1Cl. The summed E-state index contributed by atoms with van der Waals surface area (Å²) in [6.45, 7) is 0.563. The Kier molecular flexibility index (Phi) is 4.72. The normalized spacial score (nSPS) is 16.2. The van der Waals surface area contributed by atoms with Gasteiger partial charge in [0, 0.05) is 18.0 Å². The standard InChI is InChI=1S/C18H18ClNO3/c1-22-17-7-6-14(10-15(17)19)20-18(21)9-12-8-13-4-2-3-5-16(13)23-11-12/h2-7,10,12H,8-9,11H2,1H3,(H,20,21). The van der Waals surface area contributed by atoms with Gasteiger partial charge in [0.25, 0.3) is 0 Å². The molecule has 0 radical (unpaired) electrons. The van der Waals surface area contributed by atoms with E-state index < -0.39 is 0 Å². The number of ether oxygens (including phenoxy) is 2. The van der Waals surface area contributed by atoms with E-state index in [1.807, 2.05) is 24.3 Å². The van der Waals surface area contributed by atoms with Crippen molar-refractivity contribution in [3.05, 3.63) is 53.1 Å². The van der Waals surface area contributed by atoms with Crippen LogP contribution in [0.5, 0.6) is 11.5 Å². The molecule has 0 aromatic heterocycles. The Morgan fingerprint density at radius 1 is 1.35 bits per heavy atom. The molecule has 0 saturated heterocycles. The monoisotopic (exact) mass is 331 g/mol. The highest BCUT2D eigenvalue weighted by molar-refractivity contribution is 6.32. The lowest BCUT2D eigenvalue weighted by Crippen LogP contribution is -2.26. The number of carbonyl (C=O) groups is 1. The molecule has 2 aromatic carbocycles. The molecule has 1 N–H and O–H groups in total. The molecule has 1 aliphatic heterocycles. The van der Waals surface area contributed by atoms with Crippen LogP contribution in [0.3, 0.4) is 0 Å². The zero-order chi connectivity index (χ0) is 16.2. The van der Waals surface area contributed by atoms with Gasteiger partial charge in [0.05, 0.1) is 18.7 Å². The van der Waals surface area contributed by atoms with Crippen molar-refractivity contribution in [1.82, 2.24) is 0 Å². The van der Waals surface area contributed by atoms with Crippen molar-refractivity contribution in [3.63, 3.8) is 0 Å². The van der Waals surface area contributed by atoms with Crippen LogP contribution in [0.25, 0.3) is 0 Å². The van der Waals surface area contributed by atoms with Gasteiger partial charge in [-0.3, -0.25) is 4.79 Å². The van der Waals surface area contributed by atoms with Gasteiger partial charge in [-0.2, -0.15) is 0 Å². The van der Waals surface area contributed by atoms with E-state index in [-0.39, 0.29) is 11.8 Å². The highest BCUT2D eigenvalue weighted by atomic mass is 35.5. The van der Waals surface area contributed by atoms with Crippen LogP contribution in [-0.4, -0.2) is 19.6 Å². The Hall–Kier alpha value is -2.20. The van der Waals surface area contributed by atoms with E-state index in [2.05, 4.69) is 5.32 Å². The lowest BCUT2D eigenvalue weighted by molar-refractivity contribution is -0.117. The molecule has 1 heterocycles. The second-order valence-corrected chi connectivity index (χ2v) is 6.00. The van der Waals surface area contributed by atoms with Crippen LogP contribution in [0.1, 0.15) is 12.0 Å². The first-order valence-corrected chi connectivity index (χ1v) is 7.87. The molecule has 1 aliphatic rings. The van der Waals surface area contributed by atoms with E-state index in [1.54, 1.807) is 25.3 Å². The van der Waals surface area contributed by atoms with E-state index in [0.29, 0.717) is 29.5 Å². The van der Waals surface area contributed by atoms with Crippen molar-refractivity contribution in [1.29, 1.82) is 0 Å². The van der Waals surface area contributed by atoms with E-state index in [9.17, 15) is 4.79 Å². The number of amides is 1.